The van der Waals surface area contributed by atoms with Gasteiger partial charge in [0.25, 0.3) is 5.91 Å². The standard InChI is InChI=1S/C19H15BrF3N3O2/c20-12-6-7-14-13(8-12)18(9-15(28-14)11-4-2-1-3-5-11)16(27)26(17(24)25-18)10-19(21,22)23/h1-8,15H,9-10H2,(H2,24,25). The van der Waals surface area contributed by atoms with E-state index in [1.165, 1.54) is 0 Å². The lowest BCUT2D eigenvalue weighted by Gasteiger charge is -2.37. The molecule has 2 unspecified atom stereocenters. The maximum atomic E-state index is 13.2. The summed E-state index contributed by atoms with van der Waals surface area (Å²) < 4.78 is 45.6. The Balaban J connectivity index is 1.83. The minimum absolute atomic E-state index is 0.0500. The molecule has 1 spiro atoms. The van der Waals surface area contributed by atoms with Crippen LogP contribution in [-0.2, 0) is 10.3 Å². The summed E-state index contributed by atoms with van der Waals surface area (Å²) in [6.45, 7) is -1.48. The van der Waals surface area contributed by atoms with Crippen molar-refractivity contribution < 1.29 is 22.7 Å². The van der Waals surface area contributed by atoms with Gasteiger partial charge in [0.1, 0.15) is 18.4 Å². The summed E-state index contributed by atoms with van der Waals surface area (Å²) in [5, 5.41) is 0. The Morgan fingerprint density at radius 3 is 2.64 bits per heavy atom. The second-order valence-corrected chi connectivity index (χ2v) is 7.61. The molecule has 2 atom stereocenters. The van der Waals surface area contributed by atoms with Gasteiger partial charge in [-0.3, -0.25) is 9.69 Å². The van der Waals surface area contributed by atoms with Gasteiger partial charge in [0.2, 0.25) is 0 Å². The number of fused-ring (bicyclic) bond motifs is 2. The molecule has 146 valence electrons. The second kappa shape index (κ2) is 6.51. The number of aliphatic imine (C=N–C) groups is 1. The van der Waals surface area contributed by atoms with Crippen LogP contribution in [0.4, 0.5) is 13.2 Å². The van der Waals surface area contributed by atoms with E-state index in [2.05, 4.69) is 20.9 Å². The van der Waals surface area contributed by atoms with Gasteiger partial charge in [0.15, 0.2) is 11.5 Å². The average Bonchev–Trinajstić information content (AvgIpc) is 2.86. The lowest BCUT2D eigenvalue weighted by molar-refractivity contribution is -0.155. The number of benzene rings is 2. The zero-order chi connectivity index (χ0) is 20.1. The molecule has 1 amide bonds. The summed E-state index contributed by atoms with van der Waals surface area (Å²) in [6, 6.07) is 14.2. The lowest BCUT2D eigenvalue weighted by Crippen LogP contribution is -2.48. The van der Waals surface area contributed by atoms with Gasteiger partial charge in [0, 0.05) is 16.5 Å². The van der Waals surface area contributed by atoms with E-state index in [0.717, 1.165) is 5.56 Å². The smallest absolute Gasteiger partial charge is 0.406 e. The lowest BCUT2D eigenvalue weighted by atomic mass is 9.80. The number of amides is 1. The van der Waals surface area contributed by atoms with Gasteiger partial charge in [-0.25, -0.2) is 4.99 Å². The molecule has 0 radical (unpaired) electrons. The van der Waals surface area contributed by atoms with Crippen molar-refractivity contribution in [2.45, 2.75) is 24.2 Å². The number of ether oxygens (including phenoxy) is 1. The Hall–Kier alpha value is -2.55. The minimum Gasteiger partial charge on any atom is -0.485 e. The number of halogens is 4. The molecule has 0 aliphatic carbocycles. The molecular weight excluding hydrogens is 439 g/mol. The molecule has 9 heteroatoms. The molecule has 28 heavy (non-hydrogen) atoms. The van der Waals surface area contributed by atoms with Crippen LogP contribution in [0.25, 0.3) is 0 Å². The van der Waals surface area contributed by atoms with E-state index in [1.54, 1.807) is 18.2 Å². The quantitative estimate of drug-likeness (QED) is 0.749. The largest absolute Gasteiger partial charge is 0.485 e. The molecule has 0 saturated carbocycles. The number of nitrogens with zero attached hydrogens (tertiary/aromatic N) is 2. The van der Waals surface area contributed by atoms with Crippen LogP contribution in [-0.4, -0.2) is 29.5 Å². The third-order valence-corrected chi connectivity index (χ3v) is 5.32. The fourth-order valence-electron chi connectivity index (χ4n) is 3.63. The number of alkyl halides is 3. The summed E-state index contributed by atoms with van der Waals surface area (Å²) in [7, 11) is 0. The van der Waals surface area contributed by atoms with Gasteiger partial charge in [-0.1, -0.05) is 46.3 Å². The highest BCUT2D eigenvalue weighted by Gasteiger charge is 2.56. The number of carbonyl (C=O) groups is 1. The maximum Gasteiger partial charge on any atom is 0.406 e. The van der Waals surface area contributed by atoms with Crippen LogP contribution in [0, 0.1) is 0 Å². The maximum absolute atomic E-state index is 13.2. The normalized spacial score (nSPS) is 24.1. The molecule has 2 aliphatic rings. The van der Waals surface area contributed by atoms with Gasteiger partial charge in [-0.2, -0.15) is 13.2 Å². The van der Waals surface area contributed by atoms with E-state index in [9.17, 15) is 18.0 Å². The van der Waals surface area contributed by atoms with Gasteiger partial charge in [-0.15, -0.1) is 0 Å². The predicted octanol–water partition coefficient (Wildman–Crippen LogP) is 3.89. The highest BCUT2D eigenvalue weighted by molar-refractivity contribution is 9.10. The first kappa shape index (κ1) is 18.8. The van der Waals surface area contributed by atoms with Crippen LogP contribution in [0.3, 0.4) is 0 Å². The Kier molecular flexibility index (Phi) is 4.37. The summed E-state index contributed by atoms with van der Waals surface area (Å²) in [4.78, 5) is 17.9. The van der Waals surface area contributed by atoms with Crippen LogP contribution in [0.1, 0.15) is 23.7 Å². The monoisotopic (exact) mass is 453 g/mol. The topological polar surface area (TPSA) is 67.9 Å². The molecular formula is C19H15BrF3N3O2. The van der Waals surface area contributed by atoms with E-state index in [0.29, 0.717) is 20.7 Å². The first-order valence-electron chi connectivity index (χ1n) is 8.45. The van der Waals surface area contributed by atoms with Gasteiger partial charge in [0.05, 0.1) is 0 Å². The zero-order valence-corrected chi connectivity index (χ0v) is 16.0. The number of hydrogen-bond acceptors (Lipinski definition) is 4. The number of rotatable bonds is 2. The van der Waals surface area contributed by atoms with Crippen molar-refractivity contribution >= 4 is 27.8 Å². The summed E-state index contributed by atoms with van der Waals surface area (Å²) in [5.74, 6) is -0.852. The SMILES string of the molecule is NC1=NC2(CC(c3ccccc3)Oc3ccc(Br)cc32)C(=O)N1CC(F)(F)F. The number of carbonyl (C=O) groups excluding carboxylic acids is 1. The highest BCUT2D eigenvalue weighted by Crippen LogP contribution is 2.50. The molecule has 0 bridgehead atoms. The van der Waals surface area contributed by atoms with Crippen LogP contribution in [0.5, 0.6) is 5.75 Å². The molecule has 2 aromatic rings. The molecule has 4 rings (SSSR count). The van der Waals surface area contributed by atoms with Gasteiger partial charge < -0.3 is 10.5 Å². The van der Waals surface area contributed by atoms with Crippen LogP contribution in [0.15, 0.2) is 58.0 Å². The third kappa shape index (κ3) is 3.13. The van der Waals surface area contributed by atoms with Crippen molar-refractivity contribution in [3.05, 3.63) is 64.1 Å². The molecule has 0 fully saturated rings. The fraction of sp³-hybridized carbons (Fsp3) is 0.263. The summed E-state index contributed by atoms with van der Waals surface area (Å²) in [6.07, 6.45) is -5.10. The number of guanidine groups is 1. The average molecular weight is 454 g/mol. The molecule has 2 heterocycles. The first-order valence-corrected chi connectivity index (χ1v) is 9.24. The minimum atomic E-state index is -4.59. The van der Waals surface area contributed by atoms with E-state index in [1.807, 2.05) is 30.3 Å². The zero-order valence-electron chi connectivity index (χ0n) is 14.4. The van der Waals surface area contributed by atoms with Crippen molar-refractivity contribution in [3.8, 4) is 5.75 Å². The highest BCUT2D eigenvalue weighted by atomic mass is 79.9. The van der Waals surface area contributed by atoms with Crippen LogP contribution < -0.4 is 10.5 Å². The Labute approximate surface area is 167 Å². The van der Waals surface area contributed by atoms with E-state index >= 15 is 0 Å². The summed E-state index contributed by atoms with van der Waals surface area (Å²) >= 11 is 3.34. The number of nitrogens with two attached hydrogens (primary N) is 1. The van der Waals surface area contributed by atoms with E-state index in [-0.39, 0.29) is 6.42 Å². The summed E-state index contributed by atoms with van der Waals surface area (Å²) in [5.41, 5.74) is 5.39. The van der Waals surface area contributed by atoms with E-state index in [4.69, 9.17) is 10.5 Å². The van der Waals surface area contributed by atoms with Crippen molar-refractivity contribution in [1.29, 1.82) is 0 Å². The van der Waals surface area contributed by atoms with Gasteiger partial charge >= 0.3 is 6.18 Å². The number of hydrogen-bond donors (Lipinski definition) is 1. The molecule has 0 aromatic heterocycles. The first-order chi connectivity index (χ1) is 13.2. The van der Waals surface area contributed by atoms with Gasteiger partial charge in [-0.05, 0) is 23.8 Å². The van der Waals surface area contributed by atoms with E-state index < -0.39 is 36.2 Å². The van der Waals surface area contributed by atoms with Crippen molar-refractivity contribution in [1.82, 2.24) is 4.90 Å². The second-order valence-electron chi connectivity index (χ2n) is 6.70. The molecule has 2 aromatic carbocycles. The molecule has 2 aliphatic heterocycles. The Morgan fingerprint density at radius 2 is 1.96 bits per heavy atom. The van der Waals surface area contributed by atoms with Crippen LogP contribution >= 0.6 is 15.9 Å². The molecule has 2 N–H and O–H groups in total. The predicted molar refractivity (Wildman–Crippen MR) is 99.6 cm³/mol. The van der Waals surface area contributed by atoms with Crippen molar-refractivity contribution in [3.63, 3.8) is 0 Å². The molecule has 5 nitrogen and oxygen atoms in total. The fourth-order valence-corrected chi connectivity index (χ4v) is 3.99. The Bertz CT molecular complexity index is 965. The molecule has 0 saturated heterocycles. The van der Waals surface area contributed by atoms with Crippen molar-refractivity contribution in [2.75, 3.05) is 6.54 Å². The third-order valence-electron chi connectivity index (χ3n) is 4.83. The Morgan fingerprint density at radius 1 is 1.25 bits per heavy atom. The van der Waals surface area contributed by atoms with Crippen molar-refractivity contribution in [2.24, 2.45) is 10.7 Å². The van der Waals surface area contributed by atoms with Crippen LogP contribution in [0.2, 0.25) is 0 Å².